The predicted molar refractivity (Wildman–Crippen MR) is 103 cm³/mol. The molecule has 1 aromatic heterocycles. The van der Waals surface area contributed by atoms with Crippen LogP contribution in [0.4, 0.5) is 0 Å². The van der Waals surface area contributed by atoms with E-state index in [1.54, 1.807) is 18.2 Å². The van der Waals surface area contributed by atoms with Crippen molar-refractivity contribution in [3.05, 3.63) is 69.8 Å². The molecular formula is C19H17Cl2N3O2. The molecule has 5 nitrogen and oxygen atoms in total. The van der Waals surface area contributed by atoms with Gasteiger partial charge < -0.3 is 10.1 Å². The summed E-state index contributed by atoms with van der Waals surface area (Å²) in [6.45, 7) is 2.74. The predicted octanol–water partition coefficient (Wildman–Crippen LogP) is 4.71. The first-order valence-electron chi connectivity index (χ1n) is 8.07. The Bertz CT molecular complexity index is 925. The number of carbonyl (C=O) groups is 1. The van der Waals surface area contributed by atoms with E-state index in [4.69, 9.17) is 27.9 Å². The van der Waals surface area contributed by atoms with Crippen molar-refractivity contribution < 1.29 is 9.53 Å². The highest BCUT2D eigenvalue weighted by Crippen LogP contribution is 2.31. The maximum absolute atomic E-state index is 12.6. The summed E-state index contributed by atoms with van der Waals surface area (Å²) in [6.07, 6.45) is 1.49. The van der Waals surface area contributed by atoms with Crippen LogP contribution >= 0.6 is 23.2 Å². The highest BCUT2D eigenvalue weighted by atomic mass is 35.5. The van der Waals surface area contributed by atoms with Crippen molar-refractivity contribution in [2.45, 2.75) is 13.5 Å². The zero-order chi connectivity index (χ0) is 18.5. The summed E-state index contributed by atoms with van der Waals surface area (Å²) in [6, 6.07) is 12.7. The molecule has 0 saturated carbocycles. The standard InChI is InChI=1S/C19H17Cl2N3O2/c1-2-26-17-8-7-12(9-16(17)21)18-14(11-23-24-18)19(25)22-10-13-5-3-4-6-15(13)20/h3-9,11H,2,10H2,1H3,(H,22,25)(H,23,24). The van der Waals surface area contributed by atoms with Crippen molar-refractivity contribution in [3.63, 3.8) is 0 Å². The van der Waals surface area contributed by atoms with Crippen molar-refractivity contribution in [2.75, 3.05) is 6.61 Å². The lowest BCUT2D eigenvalue weighted by atomic mass is 10.1. The Morgan fingerprint density at radius 2 is 2.00 bits per heavy atom. The number of ether oxygens (including phenoxy) is 1. The Kier molecular flexibility index (Phi) is 5.81. The van der Waals surface area contributed by atoms with Crippen molar-refractivity contribution in [1.82, 2.24) is 15.5 Å². The number of amides is 1. The van der Waals surface area contributed by atoms with Crippen molar-refractivity contribution in [3.8, 4) is 17.0 Å². The van der Waals surface area contributed by atoms with Crippen LogP contribution in [0.15, 0.2) is 48.7 Å². The monoisotopic (exact) mass is 389 g/mol. The van der Waals surface area contributed by atoms with Crippen LogP contribution in [0.2, 0.25) is 10.0 Å². The van der Waals surface area contributed by atoms with Gasteiger partial charge in [0.2, 0.25) is 0 Å². The van der Waals surface area contributed by atoms with Crippen molar-refractivity contribution in [2.24, 2.45) is 0 Å². The van der Waals surface area contributed by atoms with Gasteiger partial charge in [-0.2, -0.15) is 5.10 Å². The second kappa shape index (κ2) is 8.25. The summed E-state index contributed by atoms with van der Waals surface area (Å²) in [5.74, 6) is 0.348. The second-order valence-electron chi connectivity index (χ2n) is 5.51. The molecule has 2 aromatic carbocycles. The van der Waals surface area contributed by atoms with Crippen LogP contribution in [-0.4, -0.2) is 22.7 Å². The summed E-state index contributed by atoms with van der Waals surface area (Å²) < 4.78 is 5.44. The number of carbonyl (C=O) groups excluding carboxylic acids is 1. The molecule has 134 valence electrons. The van der Waals surface area contributed by atoms with E-state index in [0.29, 0.717) is 40.2 Å². The van der Waals surface area contributed by atoms with Gasteiger partial charge in [0, 0.05) is 17.1 Å². The van der Waals surface area contributed by atoms with Crippen LogP contribution in [0.3, 0.4) is 0 Å². The number of aromatic nitrogens is 2. The number of hydrogen-bond donors (Lipinski definition) is 2. The molecule has 3 aromatic rings. The fourth-order valence-electron chi connectivity index (χ4n) is 2.52. The average molecular weight is 390 g/mol. The number of benzene rings is 2. The first kappa shape index (κ1) is 18.3. The third kappa shape index (κ3) is 4.00. The van der Waals surface area contributed by atoms with Crippen LogP contribution < -0.4 is 10.1 Å². The van der Waals surface area contributed by atoms with Gasteiger partial charge in [-0.05, 0) is 36.8 Å². The Balaban J connectivity index is 1.79. The molecule has 0 bridgehead atoms. The van der Waals surface area contributed by atoms with Gasteiger partial charge in [0.05, 0.1) is 29.1 Å². The fraction of sp³-hybridized carbons (Fsp3) is 0.158. The molecule has 0 unspecified atom stereocenters. The minimum atomic E-state index is -0.251. The Labute approximate surface area is 161 Å². The molecule has 7 heteroatoms. The number of hydrogen-bond acceptors (Lipinski definition) is 3. The molecule has 1 heterocycles. The second-order valence-corrected chi connectivity index (χ2v) is 6.33. The molecule has 0 aliphatic rings. The lowest BCUT2D eigenvalue weighted by molar-refractivity contribution is 0.0951. The summed E-state index contributed by atoms with van der Waals surface area (Å²) in [4.78, 5) is 12.6. The number of halogens is 2. The Morgan fingerprint density at radius 3 is 2.73 bits per heavy atom. The molecule has 3 rings (SSSR count). The van der Waals surface area contributed by atoms with Gasteiger partial charge in [0.1, 0.15) is 5.75 Å². The van der Waals surface area contributed by atoms with E-state index in [0.717, 1.165) is 11.1 Å². The van der Waals surface area contributed by atoms with Gasteiger partial charge in [-0.25, -0.2) is 0 Å². The van der Waals surface area contributed by atoms with Crippen LogP contribution in [0.5, 0.6) is 5.75 Å². The lowest BCUT2D eigenvalue weighted by Crippen LogP contribution is -2.23. The van der Waals surface area contributed by atoms with Gasteiger partial charge in [0.15, 0.2) is 0 Å². The maximum Gasteiger partial charge on any atom is 0.255 e. The van der Waals surface area contributed by atoms with E-state index < -0.39 is 0 Å². The molecule has 2 N–H and O–H groups in total. The summed E-state index contributed by atoms with van der Waals surface area (Å²) in [7, 11) is 0. The highest BCUT2D eigenvalue weighted by Gasteiger charge is 2.16. The van der Waals surface area contributed by atoms with E-state index in [2.05, 4.69) is 15.5 Å². The van der Waals surface area contributed by atoms with Crippen LogP contribution in [0.25, 0.3) is 11.3 Å². The minimum absolute atomic E-state index is 0.251. The summed E-state index contributed by atoms with van der Waals surface area (Å²) in [5, 5.41) is 10.8. The molecular weight excluding hydrogens is 373 g/mol. The maximum atomic E-state index is 12.6. The molecule has 0 saturated heterocycles. The molecule has 1 amide bonds. The first-order chi connectivity index (χ1) is 12.6. The van der Waals surface area contributed by atoms with Crippen LogP contribution in [0.1, 0.15) is 22.8 Å². The average Bonchev–Trinajstić information content (AvgIpc) is 3.12. The van der Waals surface area contributed by atoms with Gasteiger partial charge in [0.25, 0.3) is 5.91 Å². The van der Waals surface area contributed by atoms with Crippen LogP contribution in [0, 0.1) is 0 Å². The normalized spacial score (nSPS) is 10.6. The van der Waals surface area contributed by atoms with Gasteiger partial charge in [-0.1, -0.05) is 41.4 Å². The molecule has 0 aliphatic carbocycles. The van der Waals surface area contributed by atoms with E-state index in [-0.39, 0.29) is 5.91 Å². The van der Waals surface area contributed by atoms with Gasteiger partial charge >= 0.3 is 0 Å². The molecule has 0 atom stereocenters. The molecule has 26 heavy (non-hydrogen) atoms. The topological polar surface area (TPSA) is 67.0 Å². The smallest absolute Gasteiger partial charge is 0.255 e. The molecule has 0 radical (unpaired) electrons. The van der Waals surface area contributed by atoms with Crippen molar-refractivity contribution >= 4 is 29.1 Å². The fourth-order valence-corrected chi connectivity index (χ4v) is 2.96. The number of nitrogens with one attached hydrogen (secondary N) is 2. The SMILES string of the molecule is CCOc1ccc(-c2[nH]ncc2C(=O)NCc2ccccc2Cl)cc1Cl. The van der Waals surface area contributed by atoms with E-state index in [1.807, 2.05) is 31.2 Å². The number of H-pyrrole nitrogens is 1. The highest BCUT2D eigenvalue weighted by molar-refractivity contribution is 6.32. The number of aromatic amines is 1. The number of rotatable bonds is 6. The summed E-state index contributed by atoms with van der Waals surface area (Å²) in [5.41, 5.74) is 2.61. The van der Waals surface area contributed by atoms with Gasteiger partial charge in [-0.15, -0.1) is 0 Å². The Morgan fingerprint density at radius 1 is 1.19 bits per heavy atom. The Hall–Kier alpha value is -2.50. The van der Waals surface area contributed by atoms with E-state index >= 15 is 0 Å². The molecule has 0 fully saturated rings. The van der Waals surface area contributed by atoms with Crippen LogP contribution in [-0.2, 0) is 6.54 Å². The summed E-state index contributed by atoms with van der Waals surface area (Å²) >= 11 is 12.4. The van der Waals surface area contributed by atoms with E-state index in [1.165, 1.54) is 6.20 Å². The number of nitrogens with zero attached hydrogens (tertiary/aromatic N) is 1. The quantitative estimate of drug-likeness (QED) is 0.641. The molecule has 0 spiro atoms. The zero-order valence-electron chi connectivity index (χ0n) is 14.1. The lowest BCUT2D eigenvalue weighted by Gasteiger charge is -2.09. The zero-order valence-corrected chi connectivity index (χ0v) is 15.6. The first-order valence-corrected chi connectivity index (χ1v) is 8.83. The third-order valence-corrected chi connectivity index (χ3v) is 4.47. The molecule has 0 aliphatic heterocycles. The van der Waals surface area contributed by atoms with Gasteiger partial charge in [-0.3, -0.25) is 9.89 Å². The van der Waals surface area contributed by atoms with Crippen molar-refractivity contribution in [1.29, 1.82) is 0 Å². The largest absolute Gasteiger partial charge is 0.492 e. The minimum Gasteiger partial charge on any atom is -0.492 e. The van der Waals surface area contributed by atoms with E-state index in [9.17, 15) is 4.79 Å². The third-order valence-electron chi connectivity index (χ3n) is 3.80.